The second-order valence-corrected chi connectivity index (χ2v) is 8.29. The first kappa shape index (κ1) is 23.4. The Kier molecular flexibility index (Phi) is 6.17. The molecule has 0 atom stereocenters. The molecular weight excluding hydrogens is 470 g/mol. The van der Waals surface area contributed by atoms with E-state index in [9.17, 15) is 9.59 Å². The third-order valence-corrected chi connectivity index (χ3v) is 5.47. The number of benzene rings is 4. The normalized spacial score (nSPS) is 13.3. The van der Waals surface area contributed by atoms with Gasteiger partial charge in [0, 0.05) is 5.69 Å². The van der Waals surface area contributed by atoms with Gasteiger partial charge in [-0.2, -0.15) is 0 Å². The molecule has 9 nitrogen and oxygen atoms in total. The minimum atomic E-state index is -0.225. The molecule has 0 aliphatic carbocycles. The summed E-state index contributed by atoms with van der Waals surface area (Å²) >= 11 is 0. The molecule has 0 bridgehead atoms. The lowest BCUT2D eigenvalue weighted by Crippen LogP contribution is -2.10. The Hall–Kier alpha value is -5.31. The lowest BCUT2D eigenvalue weighted by Gasteiger charge is -2.07. The van der Waals surface area contributed by atoms with E-state index in [0.717, 1.165) is 0 Å². The SMILES string of the molecule is CC(N)=Nc1ccc2c(c1)C(=O)Nc1ccccc1O2.Nc1ccc2c(c1)C(=O)Nc1ccccc1O2. The van der Waals surface area contributed by atoms with Crippen molar-refractivity contribution >= 4 is 40.4 Å². The highest BCUT2D eigenvalue weighted by molar-refractivity contribution is 6.09. The van der Waals surface area contributed by atoms with Crippen molar-refractivity contribution in [1.29, 1.82) is 0 Å². The summed E-state index contributed by atoms with van der Waals surface area (Å²) in [5.41, 5.74) is 14.6. The molecule has 2 aliphatic rings. The van der Waals surface area contributed by atoms with Crippen LogP contribution in [-0.4, -0.2) is 17.6 Å². The number of nitrogen functional groups attached to an aromatic ring is 1. The van der Waals surface area contributed by atoms with Crippen LogP contribution in [0.15, 0.2) is 89.9 Å². The van der Waals surface area contributed by atoms with Crippen LogP contribution in [0.5, 0.6) is 23.0 Å². The molecule has 0 saturated heterocycles. The Balaban J connectivity index is 0.000000153. The first-order valence-corrected chi connectivity index (χ1v) is 11.4. The summed E-state index contributed by atoms with van der Waals surface area (Å²) in [6.07, 6.45) is 0. The third-order valence-electron chi connectivity index (χ3n) is 5.47. The van der Waals surface area contributed by atoms with Crippen LogP contribution < -0.4 is 31.6 Å². The van der Waals surface area contributed by atoms with Crippen LogP contribution in [0.4, 0.5) is 22.7 Å². The van der Waals surface area contributed by atoms with Gasteiger partial charge in [-0.15, -0.1) is 0 Å². The molecule has 6 N–H and O–H groups in total. The number of hydrogen-bond donors (Lipinski definition) is 4. The Bertz CT molecular complexity index is 1560. The number of hydrogen-bond acceptors (Lipinski definition) is 6. The first-order valence-electron chi connectivity index (χ1n) is 11.4. The lowest BCUT2D eigenvalue weighted by atomic mass is 10.1. The number of amidine groups is 1. The molecule has 2 heterocycles. The van der Waals surface area contributed by atoms with Crippen LogP contribution in [0.1, 0.15) is 27.6 Å². The molecule has 6 rings (SSSR count). The Morgan fingerprint density at radius 3 is 1.78 bits per heavy atom. The summed E-state index contributed by atoms with van der Waals surface area (Å²) in [5, 5.41) is 5.60. The van der Waals surface area contributed by atoms with E-state index in [1.165, 1.54) is 0 Å². The molecule has 0 aromatic heterocycles. The molecule has 9 heteroatoms. The summed E-state index contributed by atoms with van der Waals surface area (Å²) in [6, 6.07) is 24.7. The van der Waals surface area contributed by atoms with Crippen LogP contribution in [0.2, 0.25) is 0 Å². The molecular formula is C28H23N5O4. The van der Waals surface area contributed by atoms with Gasteiger partial charge in [0.05, 0.1) is 34.0 Å². The van der Waals surface area contributed by atoms with Gasteiger partial charge in [-0.25, -0.2) is 4.99 Å². The molecule has 0 saturated carbocycles. The van der Waals surface area contributed by atoms with E-state index in [1.54, 1.807) is 67.6 Å². The second-order valence-electron chi connectivity index (χ2n) is 8.29. The Morgan fingerprint density at radius 2 is 1.22 bits per heavy atom. The fraction of sp³-hybridized carbons (Fsp3) is 0.0357. The van der Waals surface area contributed by atoms with Crippen LogP contribution >= 0.6 is 0 Å². The number of rotatable bonds is 1. The quantitative estimate of drug-likeness (QED) is 0.153. The molecule has 2 amide bonds. The number of para-hydroxylation sites is 4. The molecule has 184 valence electrons. The largest absolute Gasteiger partial charge is 0.454 e. The van der Waals surface area contributed by atoms with Gasteiger partial charge >= 0.3 is 0 Å². The van der Waals surface area contributed by atoms with Crippen molar-refractivity contribution in [2.45, 2.75) is 6.92 Å². The number of nitrogens with two attached hydrogens (primary N) is 2. The summed E-state index contributed by atoms with van der Waals surface area (Å²) in [6.45, 7) is 1.69. The number of fused-ring (bicyclic) bond motifs is 4. The van der Waals surface area contributed by atoms with Gasteiger partial charge in [-0.3, -0.25) is 9.59 Å². The zero-order valence-corrected chi connectivity index (χ0v) is 19.8. The highest BCUT2D eigenvalue weighted by Crippen LogP contribution is 2.37. The first-order chi connectivity index (χ1) is 17.9. The minimum absolute atomic E-state index is 0.211. The summed E-state index contributed by atoms with van der Waals surface area (Å²) in [7, 11) is 0. The van der Waals surface area contributed by atoms with Gasteiger partial charge < -0.3 is 31.6 Å². The van der Waals surface area contributed by atoms with Gasteiger partial charge in [0.1, 0.15) is 11.5 Å². The number of nitrogens with one attached hydrogen (secondary N) is 2. The average Bonchev–Trinajstić information content (AvgIpc) is 3.11. The van der Waals surface area contributed by atoms with E-state index in [1.807, 2.05) is 24.3 Å². The molecule has 4 aromatic carbocycles. The van der Waals surface area contributed by atoms with Gasteiger partial charge in [0.2, 0.25) is 0 Å². The van der Waals surface area contributed by atoms with Crippen molar-refractivity contribution in [1.82, 2.24) is 0 Å². The molecule has 0 unspecified atom stereocenters. The predicted molar refractivity (Wildman–Crippen MR) is 143 cm³/mol. The minimum Gasteiger partial charge on any atom is -0.454 e. The number of nitrogens with zero attached hydrogens (tertiary/aromatic N) is 1. The van der Waals surface area contributed by atoms with Gasteiger partial charge in [0.15, 0.2) is 11.5 Å². The van der Waals surface area contributed by atoms with Crippen molar-refractivity contribution in [2.75, 3.05) is 16.4 Å². The number of aliphatic imine (C=N–C) groups is 1. The summed E-state index contributed by atoms with van der Waals surface area (Å²) < 4.78 is 11.5. The predicted octanol–water partition coefficient (Wildman–Crippen LogP) is 5.68. The van der Waals surface area contributed by atoms with Crippen molar-refractivity contribution in [3.05, 3.63) is 96.1 Å². The number of amides is 2. The van der Waals surface area contributed by atoms with Crippen molar-refractivity contribution < 1.29 is 19.1 Å². The van der Waals surface area contributed by atoms with E-state index in [0.29, 0.717) is 62.7 Å². The Labute approximate surface area is 212 Å². The highest BCUT2D eigenvalue weighted by atomic mass is 16.5. The number of carbonyl (C=O) groups excluding carboxylic acids is 2. The summed E-state index contributed by atoms with van der Waals surface area (Å²) in [4.78, 5) is 28.3. The van der Waals surface area contributed by atoms with E-state index in [-0.39, 0.29) is 11.8 Å². The fourth-order valence-electron chi connectivity index (χ4n) is 3.81. The zero-order chi connectivity index (χ0) is 25.9. The van der Waals surface area contributed by atoms with Crippen LogP contribution in [0, 0.1) is 0 Å². The van der Waals surface area contributed by atoms with E-state index < -0.39 is 0 Å². The smallest absolute Gasteiger partial charge is 0.259 e. The third kappa shape index (κ3) is 5.06. The zero-order valence-electron chi connectivity index (χ0n) is 19.8. The van der Waals surface area contributed by atoms with Gasteiger partial charge in [-0.1, -0.05) is 24.3 Å². The number of carbonyl (C=O) groups is 2. The Morgan fingerprint density at radius 1 is 0.703 bits per heavy atom. The van der Waals surface area contributed by atoms with Crippen molar-refractivity contribution in [3.63, 3.8) is 0 Å². The van der Waals surface area contributed by atoms with E-state index in [2.05, 4.69) is 15.6 Å². The number of ether oxygens (including phenoxy) is 2. The topological polar surface area (TPSA) is 141 Å². The van der Waals surface area contributed by atoms with E-state index in [4.69, 9.17) is 20.9 Å². The van der Waals surface area contributed by atoms with Crippen molar-refractivity contribution in [2.24, 2.45) is 10.7 Å². The maximum Gasteiger partial charge on any atom is 0.259 e. The summed E-state index contributed by atoms with van der Waals surface area (Å²) in [5.74, 6) is 2.26. The maximum absolute atomic E-state index is 12.2. The van der Waals surface area contributed by atoms with E-state index >= 15 is 0 Å². The van der Waals surface area contributed by atoms with Gasteiger partial charge in [0.25, 0.3) is 11.8 Å². The monoisotopic (exact) mass is 493 g/mol. The van der Waals surface area contributed by atoms with Crippen LogP contribution in [-0.2, 0) is 0 Å². The number of anilines is 3. The standard InChI is InChI=1S/C15H13N3O2.C13H10N2O2/c1-9(16)17-10-6-7-13-11(8-10)15(19)18-12-4-2-3-5-14(12)20-13;14-8-5-6-11-9(7-8)13(16)15-10-3-1-2-4-12(10)17-11/h2-8H,1H3,(H2,16,17)(H,18,19);1-7H,14H2,(H,15,16). The van der Waals surface area contributed by atoms with Gasteiger partial charge in [-0.05, 0) is 67.6 Å². The molecule has 0 fully saturated rings. The maximum atomic E-state index is 12.2. The van der Waals surface area contributed by atoms with Crippen molar-refractivity contribution in [3.8, 4) is 23.0 Å². The highest BCUT2D eigenvalue weighted by Gasteiger charge is 2.21. The van der Waals surface area contributed by atoms with Crippen LogP contribution in [0.3, 0.4) is 0 Å². The van der Waals surface area contributed by atoms with Crippen LogP contribution in [0.25, 0.3) is 0 Å². The fourth-order valence-corrected chi connectivity index (χ4v) is 3.81. The average molecular weight is 494 g/mol. The molecule has 37 heavy (non-hydrogen) atoms. The molecule has 4 aromatic rings. The molecule has 2 aliphatic heterocycles. The molecule has 0 spiro atoms. The second kappa shape index (κ2) is 9.74. The lowest BCUT2D eigenvalue weighted by molar-refractivity contribution is 0.101. The molecule has 0 radical (unpaired) electrons.